The predicted molar refractivity (Wildman–Crippen MR) is 63.3 cm³/mol. The molecule has 0 aliphatic heterocycles. The number of anilines is 1. The summed E-state index contributed by atoms with van der Waals surface area (Å²) in [5, 5.41) is 8.67. The zero-order chi connectivity index (χ0) is 12.7. The largest absolute Gasteiger partial charge is 0.456 e. The maximum atomic E-state index is 11.9. The molecular weight excluding hydrogens is 216 g/mol. The summed E-state index contributed by atoms with van der Waals surface area (Å²) in [5.74, 6) is -0.594. The van der Waals surface area contributed by atoms with Crippen LogP contribution in [0.2, 0.25) is 0 Å². The van der Waals surface area contributed by atoms with Crippen LogP contribution in [0.5, 0.6) is 0 Å². The fourth-order valence-electron chi connectivity index (χ4n) is 1.42. The molecule has 5 nitrogen and oxygen atoms in total. The Balaban J connectivity index is 3.07. The number of para-hydroxylation sites is 1. The number of hydrogen-bond acceptors (Lipinski definition) is 2. The molecule has 1 rings (SSSR count). The zero-order valence-electron chi connectivity index (χ0n) is 9.50. The van der Waals surface area contributed by atoms with Gasteiger partial charge in [-0.2, -0.15) is 5.26 Å². The summed E-state index contributed by atoms with van der Waals surface area (Å²) in [6.07, 6.45) is 0.741. The van der Waals surface area contributed by atoms with Crippen LogP contribution in [0.4, 0.5) is 5.69 Å². The molecule has 1 aromatic rings. The van der Waals surface area contributed by atoms with E-state index >= 15 is 0 Å². The van der Waals surface area contributed by atoms with Crippen molar-refractivity contribution in [1.82, 2.24) is 0 Å². The van der Waals surface area contributed by atoms with E-state index in [1.165, 1.54) is 4.90 Å². The van der Waals surface area contributed by atoms with Crippen LogP contribution in [-0.4, -0.2) is 23.0 Å². The van der Waals surface area contributed by atoms with E-state index in [0.717, 1.165) is 6.42 Å². The first kappa shape index (κ1) is 12.6. The van der Waals surface area contributed by atoms with Crippen LogP contribution in [0.25, 0.3) is 5.53 Å². The average molecular weight is 228 g/mol. The Labute approximate surface area is 99.5 Å². The first-order valence-electron chi connectivity index (χ1n) is 5.23. The third kappa shape index (κ3) is 3.00. The highest BCUT2D eigenvalue weighted by atomic mass is 16.2. The van der Waals surface area contributed by atoms with Gasteiger partial charge in [-0.05, 0) is 18.6 Å². The summed E-state index contributed by atoms with van der Waals surface area (Å²) in [4.78, 5) is 16.0. The van der Waals surface area contributed by atoms with Crippen molar-refractivity contribution in [3.8, 4) is 6.07 Å². The molecule has 1 amide bonds. The summed E-state index contributed by atoms with van der Waals surface area (Å²) in [7, 11) is 0. The third-order valence-corrected chi connectivity index (χ3v) is 2.17. The minimum Gasteiger partial charge on any atom is -0.360 e. The highest BCUT2D eigenvalue weighted by molar-refractivity contribution is 6.47. The van der Waals surface area contributed by atoms with Crippen LogP contribution < -0.4 is 4.90 Å². The Bertz CT molecular complexity index is 483. The molecule has 0 atom stereocenters. The van der Waals surface area contributed by atoms with E-state index in [4.69, 9.17) is 10.8 Å². The Morgan fingerprint density at radius 2 is 2.12 bits per heavy atom. The summed E-state index contributed by atoms with van der Waals surface area (Å²) >= 11 is 0. The predicted octanol–water partition coefficient (Wildman–Crippen LogP) is 1.62. The van der Waals surface area contributed by atoms with E-state index in [9.17, 15) is 4.79 Å². The molecule has 0 bridgehead atoms. The number of benzene rings is 1. The van der Waals surface area contributed by atoms with Gasteiger partial charge in [-0.25, -0.2) is 0 Å². The number of amides is 1. The van der Waals surface area contributed by atoms with Crippen LogP contribution in [0.15, 0.2) is 30.3 Å². The lowest BCUT2D eigenvalue weighted by atomic mass is 10.2. The molecule has 0 aromatic heterocycles. The van der Waals surface area contributed by atoms with Crippen LogP contribution in [0.1, 0.15) is 13.3 Å². The number of hydrogen-bond donors (Lipinski definition) is 0. The van der Waals surface area contributed by atoms with Crippen LogP contribution in [-0.2, 0) is 4.79 Å². The number of carbonyl (C=O) groups is 1. The Kier molecular flexibility index (Phi) is 4.61. The van der Waals surface area contributed by atoms with E-state index in [1.54, 1.807) is 30.3 Å². The molecule has 0 saturated heterocycles. The minimum atomic E-state index is -0.594. The molecule has 0 fully saturated rings. The topological polar surface area (TPSA) is 80.5 Å². The standard InChI is InChI=1S/C12H12N4O/c1-2-8-16(10-6-4-3-5-7-10)12(17)11(9-13)15-14/h3-7H,2,8H2,1H3. The van der Waals surface area contributed by atoms with E-state index in [-0.39, 0.29) is 0 Å². The first-order valence-corrected chi connectivity index (χ1v) is 5.23. The van der Waals surface area contributed by atoms with E-state index in [2.05, 4.69) is 4.79 Å². The molecule has 0 saturated carbocycles. The van der Waals surface area contributed by atoms with Gasteiger partial charge in [0.1, 0.15) is 0 Å². The molecule has 17 heavy (non-hydrogen) atoms. The van der Waals surface area contributed by atoms with Crippen LogP contribution >= 0.6 is 0 Å². The van der Waals surface area contributed by atoms with Gasteiger partial charge < -0.3 is 10.4 Å². The number of rotatable bonds is 4. The van der Waals surface area contributed by atoms with Crippen molar-refractivity contribution >= 4 is 17.3 Å². The van der Waals surface area contributed by atoms with E-state index < -0.39 is 11.6 Å². The summed E-state index contributed by atoms with van der Waals surface area (Å²) in [6, 6.07) is 10.5. The quantitative estimate of drug-likeness (QED) is 0.446. The second kappa shape index (κ2) is 6.21. The summed E-state index contributed by atoms with van der Waals surface area (Å²) in [5.41, 5.74) is 8.74. The molecule has 0 heterocycles. The normalized spacial score (nSPS) is 8.94. The Hall–Kier alpha value is -2.44. The molecule has 0 radical (unpaired) electrons. The highest BCUT2D eigenvalue weighted by Gasteiger charge is 2.27. The van der Waals surface area contributed by atoms with Crippen molar-refractivity contribution in [1.29, 1.82) is 5.26 Å². The molecule has 5 heteroatoms. The van der Waals surface area contributed by atoms with Crippen LogP contribution in [0, 0.1) is 11.3 Å². The Morgan fingerprint density at radius 1 is 1.47 bits per heavy atom. The van der Waals surface area contributed by atoms with Gasteiger partial charge in [0.2, 0.25) is 0 Å². The van der Waals surface area contributed by atoms with Crippen molar-refractivity contribution in [2.45, 2.75) is 13.3 Å². The van der Waals surface area contributed by atoms with Crippen molar-refractivity contribution in [3.63, 3.8) is 0 Å². The highest BCUT2D eigenvalue weighted by Crippen LogP contribution is 2.14. The van der Waals surface area contributed by atoms with Crippen molar-refractivity contribution in [3.05, 3.63) is 35.9 Å². The van der Waals surface area contributed by atoms with Gasteiger partial charge in [0, 0.05) is 12.2 Å². The van der Waals surface area contributed by atoms with Gasteiger partial charge in [0.05, 0.1) is 0 Å². The van der Waals surface area contributed by atoms with Gasteiger partial charge in [-0.3, -0.25) is 4.79 Å². The second-order valence-corrected chi connectivity index (χ2v) is 3.35. The minimum absolute atomic E-state index is 0.462. The third-order valence-electron chi connectivity index (χ3n) is 2.17. The van der Waals surface area contributed by atoms with E-state index in [1.807, 2.05) is 13.0 Å². The molecule has 0 spiro atoms. The molecule has 86 valence electrons. The lowest BCUT2D eigenvalue weighted by molar-refractivity contribution is -0.116. The fourth-order valence-corrected chi connectivity index (χ4v) is 1.42. The van der Waals surface area contributed by atoms with E-state index in [0.29, 0.717) is 12.2 Å². The van der Waals surface area contributed by atoms with Gasteiger partial charge in [0.15, 0.2) is 6.07 Å². The molecular formula is C12H12N4O. The lowest BCUT2D eigenvalue weighted by Crippen LogP contribution is -2.37. The maximum absolute atomic E-state index is 11.9. The number of nitriles is 1. The fraction of sp³-hybridized carbons (Fsp3) is 0.250. The maximum Gasteiger partial charge on any atom is 0.456 e. The second-order valence-electron chi connectivity index (χ2n) is 3.35. The molecule has 0 N–H and O–H groups in total. The molecule has 0 aliphatic carbocycles. The SMILES string of the molecule is CCCN(C(=O)C(C#N)=[N+]=[N-])c1ccccc1. The molecule has 0 aliphatic rings. The van der Waals surface area contributed by atoms with Gasteiger partial charge in [0.25, 0.3) is 0 Å². The van der Waals surface area contributed by atoms with Gasteiger partial charge in [-0.15, -0.1) is 4.79 Å². The Morgan fingerprint density at radius 3 is 2.59 bits per heavy atom. The summed E-state index contributed by atoms with van der Waals surface area (Å²) < 4.78 is 0. The van der Waals surface area contributed by atoms with Crippen LogP contribution in [0.3, 0.4) is 0 Å². The monoisotopic (exact) mass is 228 g/mol. The smallest absolute Gasteiger partial charge is 0.360 e. The number of nitrogens with zero attached hydrogens (tertiary/aromatic N) is 4. The lowest BCUT2D eigenvalue weighted by Gasteiger charge is -2.18. The zero-order valence-corrected chi connectivity index (χ0v) is 9.50. The average Bonchev–Trinajstić information content (AvgIpc) is 2.38. The van der Waals surface area contributed by atoms with Crippen molar-refractivity contribution in [2.75, 3.05) is 11.4 Å². The van der Waals surface area contributed by atoms with Gasteiger partial charge >= 0.3 is 11.6 Å². The van der Waals surface area contributed by atoms with Crippen molar-refractivity contribution in [2.24, 2.45) is 0 Å². The summed E-state index contributed by atoms with van der Waals surface area (Å²) in [6.45, 7) is 2.38. The van der Waals surface area contributed by atoms with Crippen molar-refractivity contribution < 1.29 is 9.58 Å². The first-order chi connectivity index (χ1) is 8.24. The molecule has 1 aromatic carbocycles. The molecule has 0 unspecified atom stereocenters. The number of carbonyl (C=O) groups excluding carboxylic acids is 1. The van der Waals surface area contributed by atoms with Gasteiger partial charge in [-0.1, -0.05) is 25.1 Å².